The zero-order valence-corrected chi connectivity index (χ0v) is 13.8. The molecule has 2 atom stereocenters. The lowest BCUT2D eigenvalue weighted by atomic mass is 10.00. The Morgan fingerprint density at radius 1 is 1.00 bits per heavy atom. The highest BCUT2D eigenvalue weighted by atomic mass is 16.3. The van der Waals surface area contributed by atoms with Gasteiger partial charge in [0.05, 0.1) is 13.2 Å². The molecule has 2 N–H and O–H groups in total. The van der Waals surface area contributed by atoms with Gasteiger partial charge in [-0.15, -0.1) is 0 Å². The Hall–Kier alpha value is -0.900. The summed E-state index contributed by atoms with van der Waals surface area (Å²) in [5.74, 6) is 2.13. The number of hydrogen-bond acceptors (Lipinski definition) is 3. The summed E-state index contributed by atoms with van der Waals surface area (Å²) in [7, 11) is 2.25. The molecule has 2 aliphatic rings. The zero-order valence-electron chi connectivity index (χ0n) is 13.8. The van der Waals surface area contributed by atoms with Crippen molar-refractivity contribution in [3.05, 3.63) is 35.4 Å². The highest BCUT2D eigenvalue weighted by Crippen LogP contribution is 2.35. The van der Waals surface area contributed by atoms with Gasteiger partial charge in [-0.25, -0.2) is 0 Å². The van der Waals surface area contributed by atoms with E-state index in [1.807, 2.05) is 32.0 Å². The van der Waals surface area contributed by atoms with Crippen LogP contribution in [0, 0.1) is 11.8 Å². The second-order valence-electron chi connectivity index (χ2n) is 5.90. The number of piperidine rings is 1. The van der Waals surface area contributed by atoms with E-state index in [-0.39, 0.29) is 13.2 Å². The van der Waals surface area contributed by atoms with Crippen molar-refractivity contribution in [2.45, 2.75) is 46.3 Å². The second kappa shape index (κ2) is 9.93. The molecule has 3 heteroatoms. The zero-order chi connectivity index (χ0) is 15.7. The molecule has 3 nitrogen and oxygen atoms in total. The predicted octanol–water partition coefficient (Wildman–Crippen LogP) is 3.05. The van der Waals surface area contributed by atoms with Crippen molar-refractivity contribution >= 4 is 0 Å². The van der Waals surface area contributed by atoms with Crippen LogP contribution in [-0.4, -0.2) is 35.3 Å². The first-order chi connectivity index (χ1) is 10.2. The quantitative estimate of drug-likeness (QED) is 0.881. The average Bonchev–Trinajstić information content (AvgIpc) is 2.89. The summed E-state index contributed by atoms with van der Waals surface area (Å²) in [4.78, 5) is 2.49. The summed E-state index contributed by atoms with van der Waals surface area (Å²) in [5, 5.41) is 17.4. The van der Waals surface area contributed by atoms with Crippen molar-refractivity contribution in [1.29, 1.82) is 0 Å². The average molecular weight is 293 g/mol. The van der Waals surface area contributed by atoms with Crippen LogP contribution in [-0.2, 0) is 13.2 Å². The molecule has 21 heavy (non-hydrogen) atoms. The highest BCUT2D eigenvalue weighted by molar-refractivity contribution is 5.21. The number of likely N-dealkylation sites (tertiary alicyclic amines) is 1. The number of fused-ring (bicyclic) bond motifs is 2. The molecular formula is C18H31NO2. The third-order valence-corrected chi connectivity index (χ3v) is 4.15. The number of aliphatic hydroxyl groups excluding tert-OH is 2. The number of hydrogen-bond donors (Lipinski definition) is 2. The second-order valence-corrected chi connectivity index (χ2v) is 5.90. The van der Waals surface area contributed by atoms with E-state index >= 15 is 0 Å². The van der Waals surface area contributed by atoms with Crippen LogP contribution < -0.4 is 0 Å². The van der Waals surface area contributed by atoms with Gasteiger partial charge in [-0.2, -0.15) is 0 Å². The fourth-order valence-corrected chi connectivity index (χ4v) is 3.29. The molecule has 0 amide bonds. The molecule has 1 saturated heterocycles. The van der Waals surface area contributed by atoms with Crippen molar-refractivity contribution < 1.29 is 10.2 Å². The number of rotatable bonds is 2. The minimum atomic E-state index is 0.0356. The van der Waals surface area contributed by atoms with E-state index in [2.05, 4.69) is 11.9 Å². The first-order valence-corrected chi connectivity index (χ1v) is 8.19. The maximum absolute atomic E-state index is 8.68. The summed E-state index contributed by atoms with van der Waals surface area (Å²) >= 11 is 0. The first kappa shape index (κ1) is 18.1. The van der Waals surface area contributed by atoms with Crippen LogP contribution in [0.15, 0.2) is 24.3 Å². The lowest BCUT2D eigenvalue weighted by Gasteiger charge is -2.27. The third-order valence-electron chi connectivity index (χ3n) is 4.15. The molecule has 2 unspecified atom stereocenters. The maximum atomic E-state index is 8.68. The van der Waals surface area contributed by atoms with E-state index in [9.17, 15) is 0 Å². The Balaban J connectivity index is 0.000000188. The van der Waals surface area contributed by atoms with Crippen LogP contribution in [0.3, 0.4) is 0 Å². The minimum absolute atomic E-state index is 0.0356. The normalized spacial score (nSPS) is 23.7. The van der Waals surface area contributed by atoms with Gasteiger partial charge >= 0.3 is 0 Å². The van der Waals surface area contributed by atoms with Gasteiger partial charge < -0.3 is 15.1 Å². The van der Waals surface area contributed by atoms with Crippen molar-refractivity contribution in [3.8, 4) is 0 Å². The highest BCUT2D eigenvalue weighted by Gasteiger charge is 2.30. The summed E-state index contributed by atoms with van der Waals surface area (Å²) in [6, 6.07) is 7.23. The Morgan fingerprint density at radius 2 is 1.48 bits per heavy atom. The molecule has 3 rings (SSSR count). The molecule has 0 spiro atoms. The Bertz CT molecular complexity index is 363. The fourth-order valence-electron chi connectivity index (χ4n) is 3.29. The molecule has 1 aromatic carbocycles. The fraction of sp³-hybridized carbons (Fsp3) is 0.667. The molecule has 1 saturated carbocycles. The first-order valence-electron chi connectivity index (χ1n) is 8.19. The van der Waals surface area contributed by atoms with E-state index in [0.717, 1.165) is 23.0 Å². The molecule has 0 aromatic heterocycles. The van der Waals surface area contributed by atoms with Gasteiger partial charge in [0.15, 0.2) is 0 Å². The van der Waals surface area contributed by atoms with Crippen molar-refractivity contribution in [3.63, 3.8) is 0 Å². The van der Waals surface area contributed by atoms with E-state index in [0.29, 0.717) is 0 Å². The molecule has 0 radical (unpaired) electrons. The largest absolute Gasteiger partial charge is 0.392 e. The predicted molar refractivity (Wildman–Crippen MR) is 88.0 cm³/mol. The molecule has 1 aliphatic heterocycles. The van der Waals surface area contributed by atoms with Crippen molar-refractivity contribution in [2.24, 2.45) is 11.8 Å². The minimum Gasteiger partial charge on any atom is -0.392 e. The standard InChI is InChI=1S/C8H15N.C8H10O2.C2H6/c1-9-5-7-2-3-8(4-7)6-9;9-5-7-2-1-3-8(4-7)6-10;1-2/h7-8H,2-6H2,1H3;1-4,9-10H,5-6H2;1-2H3. The van der Waals surface area contributed by atoms with Crippen LogP contribution in [0.25, 0.3) is 0 Å². The number of aliphatic hydroxyl groups is 2. The Kier molecular flexibility index (Phi) is 8.58. The van der Waals surface area contributed by atoms with Crippen LogP contribution in [0.2, 0.25) is 0 Å². The Labute approximate surface area is 129 Å². The van der Waals surface area contributed by atoms with E-state index in [1.165, 1.54) is 32.4 Å². The molecule has 120 valence electrons. The van der Waals surface area contributed by atoms with E-state index < -0.39 is 0 Å². The lowest BCUT2D eigenvalue weighted by Crippen LogP contribution is -2.32. The smallest absolute Gasteiger partial charge is 0.0681 e. The molecule has 2 bridgehead atoms. The van der Waals surface area contributed by atoms with Gasteiger partial charge in [0.1, 0.15) is 0 Å². The molecule has 1 heterocycles. The summed E-state index contributed by atoms with van der Waals surface area (Å²) in [6.07, 6.45) is 4.55. The van der Waals surface area contributed by atoms with Gasteiger partial charge in [0, 0.05) is 13.1 Å². The number of benzene rings is 1. The van der Waals surface area contributed by atoms with E-state index in [1.54, 1.807) is 6.07 Å². The number of nitrogens with zero attached hydrogens (tertiary/aromatic N) is 1. The molecule has 1 aromatic rings. The monoisotopic (exact) mass is 293 g/mol. The van der Waals surface area contributed by atoms with Crippen LogP contribution in [0.4, 0.5) is 0 Å². The summed E-state index contributed by atoms with van der Waals surface area (Å²) in [5.41, 5.74) is 1.68. The summed E-state index contributed by atoms with van der Waals surface area (Å²) < 4.78 is 0. The maximum Gasteiger partial charge on any atom is 0.0681 e. The van der Waals surface area contributed by atoms with Crippen LogP contribution >= 0.6 is 0 Å². The molecular weight excluding hydrogens is 262 g/mol. The SMILES string of the molecule is CC.CN1CC2CCC(C2)C1.OCc1cccc(CO)c1. The molecule has 2 fully saturated rings. The molecule has 1 aliphatic carbocycles. The van der Waals surface area contributed by atoms with Crippen molar-refractivity contribution in [2.75, 3.05) is 20.1 Å². The van der Waals surface area contributed by atoms with E-state index in [4.69, 9.17) is 10.2 Å². The summed E-state index contributed by atoms with van der Waals surface area (Å²) in [6.45, 7) is 6.81. The van der Waals surface area contributed by atoms with Gasteiger partial charge in [-0.05, 0) is 49.3 Å². The van der Waals surface area contributed by atoms with Gasteiger partial charge in [-0.1, -0.05) is 38.1 Å². The van der Waals surface area contributed by atoms with Gasteiger partial charge in [-0.3, -0.25) is 0 Å². The van der Waals surface area contributed by atoms with Gasteiger partial charge in [0.2, 0.25) is 0 Å². The van der Waals surface area contributed by atoms with Gasteiger partial charge in [0.25, 0.3) is 0 Å². The Morgan fingerprint density at radius 3 is 1.90 bits per heavy atom. The van der Waals surface area contributed by atoms with Crippen LogP contribution in [0.5, 0.6) is 0 Å². The van der Waals surface area contributed by atoms with Crippen LogP contribution in [0.1, 0.15) is 44.2 Å². The third kappa shape index (κ3) is 6.16. The lowest BCUT2D eigenvalue weighted by molar-refractivity contribution is 0.203. The van der Waals surface area contributed by atoms with Crippen molar-refractivity contribution in [1.82, 2.24) is 4.90 Å². The topological polar surface area (TPSA) is 43.7 Å².